The number of halogens is 2. The molecular formula is C7H7BrFNS. The maximum atomic E-state index is 12.9. The fourth-order valence-corrected chi connectivity index (χ4v) is 1.84. The minimum absolute atomic E-state index is 0.250. The number of hydrogen-bond donors (Lipinski definition) is 0. The normalized spacial score (nSPS) is 10.1. The number of thioether (sulfide) groups is 1. The molecule has 0 spiro atoms. The van der Waals surface area contributed by atoms with Gasteiger partial charge in [-0.25, -0.2) is 9.37 Å². The van der Waals surface area contributed by atoms with Gasteiger partial charge in [-0.1, -0.05) is 6.92 Å². The SMILES string of the molecule is CCSc1cc(Br)ncc1F. The van der Waals surface area contributed by atoms with Crippen LogP contribution in [0.1, 0.15) is 6.92 Å². The first-order valence-electron chi connectivity index (χ1n) is 3.18. The average molecular weight is 236 g/mol. The van der Waals surface area contributed by atoms with Crippen molar-refractivity contribution in [1.82, 2.24) is 4.98 Å². The maximum Gasteiger partial charge on any atom is 0.155 e. The Balaban J connectivity index is 2.93. The number of pyridine rings is 1. The van der Waals surface area contributed by atoms with E-state index in [2.05, 4.69) is 20.9 Å². The standard InChI is InChI=1S/C7H7BrFNS/c1-2-11-6-3-7(8)10-4-5(6)9/h3-4H,2H2,1H3. The van der Waals surface area contributed by atoms with Crippen LogP contribution in [-0.2, 0) is 0 Å². The molecule has 11 heavy (non-hydrogen) atoms. The second-order valence-electron chi connectivity index (χ2n) is 1.87. The van der Waals surface area contributed by atoms with Gasteiger partial charge in [0.05, 0.1) is 6.20 Å². The minimum Gasteiger partial charge on any atom is -0.246 e. The molecule has 60 valence electrons. The van der Waals surface area contributed by atoms with Gasteiger partial charge in [-0.15, -0.1) is 11.8 Å². The van der Waals surface area contributed by atoms with Gasteiger partial charge in [0.2, 0.25) is 0 Å². The van der Waals surface area contributed by atoms with Crippen molar-refractivity contribution in [2.24, 2.45) is 0 Å². The van der Waals surface area contributed by atoms with E-state index in [1.165, 1.54) is 18.0 Å². The van der Waals surface area contributed by atoms with E-state index in [1.54, 1.807) is 6.07 Å². The lowest BCUT2D eigenvalue weighted by atomic mass is 10.5. The van der Waals surface area contributed by atoms with Crippen molar-refractivity contribution in [3.63, 3.8) is 0 Å². The highest BCUT2D eigenvalue weighted by Gasteiger charge is 2.01. The Morgan fingerprint density at radius 2 is 2.45 bits per heavy atom. The fraction of sp³-hybridized carbons (Fsp3) is 0.286. The van der Waals surface area contributed by atoms with Crippen molar-refractivity contribution in [3.05, 3.63) is 22.7 Å². The molecule has 0 aromatic carbocycles. The summed E-state index contributed by atoms with van der Waals surface area (Å²) in [6.07, 6.45) is 1.22. The van der Waals surface area contributed by atoms with Crippen molar-refractivity contribution in [2.75, 3.05) is 5.75 Å². The molecule has 0 saturated heterocycles. The lowest BCUT2D eigenvalue weighted by Crippen LogP contribution is -1.84. The zero-order valence-electron chi connectivity index (χ0n) is 5.97. The Morgan fingerprint density at radius 3 is 3.09 bits per heavy atom. The third kappa shape index (κ3) is 2.45. The van der Waals surface area contributed by atoms with E-state index in [-0.39, 0.29) is 5.82 Å². The average Bonchev–Trinajstić information content (AvgIpc) is 1.98. The Morgan fingerprint density at radius 1 is 1.73 bits per heavy atom. The Labute approximate surface area is 77.5 Å². The van der Waals surface area contributed by atoms with Gasteiger partial charge in [-0.3, -0.25) is 0 Å². The highest BCUT2D eigenvalue weighted by molar-refractivity contribution is 9.10. The molecule has 0 aliphatic rings. The van der Waals surface area contributed by atoms with Crippen molar-refractivity contribution in [2.45, 2.75) is 11.8 Å². The van der Waals surface area contributed by atoms with Gasteiger partial charge in [0.1, 0.15) is 4.60 Å². The fourth-order valence-electron chi connectivity index (χ4n) is 0.662. The molecule has 1 nitrogen and oxygen atoms in total. The molecule has 0 atom stereocenters. The van der Waals surface area contributed by atoms with Crippen LogP contribution in [0.4, 0.5) is 4.39 Å². The zero-order chi connectivity index (χ0) is 8.27. The number of hydrogen-bond acceptors (Lipinski definition) is 2. The lowest BCUT2D eigenvalue weighted by molar-refractivity contribution is 0.594. The van der Waals surface area contributed by atoms with E-state index in [0.717, 1.165) is 5.75 Å². The molecule has 4 heteroatoms. The van der Waals surface area contributed by atoms with Crippen LogP contribution in [0.25, 0.3) is 0 Å². The highest BCUT2D eigenvalue weighted by Crippen LogP contribution is 2.22. The zero-order valence-corrected chi connectivity index (χ0v) is 8.38. The van der Waals surface area contributed by atoms with Gasteiger partial charge in [-0.05, 0) is 27.7 Å². The molecule has 1 aromatic rings. The first-order valence-corrected chi connectivity index (χ1v) is 4.95. The van der Waals surface area contributed by atoms with Crippen molar-refractivity contribution >= 4 is 27.7 Å². The monoisotopic (exact) mass is 235 g/mol. The molecule has 1 rings (SSSR count). The summed E-state index contributed by atoms with van der Waals surface area (Å²) in [7, 11) is 0. The van der Waals surface area contributed by atoms with Crippen molar-refractivity contribution in [1.29, 1.82) is 0 Å². The van der Waals surface area contributed by atoms with E-state index in [1.807, 2.05) is 6.92 Å². The summed E-state index contributed by atoms with van der Waals surface area (Å²) >= 11 is 4.65. The number of rotatable bonds is 2. The molecule has 0 saturated carbocycles. The summed E-state index contributed by atoms with van der Waals surface area (Å²) in [5.41, 5.74) is 0. The third-order valence-electron chi connectivity index (χ3n) is 1.09. The van der Waals surface area contributed by atoms with Crippen LogP contribution in [0.3, 0.4) is 0 Å². The molecule has 0 aliphatic heterocycles. The second kappa shape index (κ2) is 4.07. The summed E-state index contributed by atoms with van der Waals surface area (Å²) in [6.45, 7) is 1.98. The molecule has 1 aromatic heterocycles. The molecule has 0 amide bonds. The van der Waals surface area contributed by atoms with Crippen molar-refractivity contribution < 1.29 is 4.39 Å². The van der Waals surface area contributed by atoms with E-state index in [0.29, 0.717) is 9.50 Å². The van der Waals surface area contributed by atoms with Crippen LogP contribution in [0.2, 0.25) is 0 Å². The molecular weight excluding hydrogens is 229 g/mol. The van der Waals surface area contributed by atoms with Crippen LogP contribution in [0.15, 0.2) is 21.8 Å². The van der Waals surface area contributed by atoms with Crippen LogP contribution in [0.5, 0.6) is 0 Å². The van der Waals surface area contributed by atoms with Gasteiger partial charge in [-0.2, -0.15) is 0 Å². The maximum absolute atomic E-state index is 12.9. The predicted octanol–water partition coefficient (Wildman–Crippen LogP) is 3.10. The van der Waals surface area contributed by atoms with E-state index in [9.17, 15) is 4.39 Å². The smallest absolute Gasteiger partial charge is 0.155 e. The van der Waals surface area contributed by atoms with E-state index >= 15 is 0 Å². The summed E-state index contributed by atoms with van der Waals surface area (Å²) in [5.74, 6) is 0.618. The molecule has 1 heterocycles. The van der Waals surface area contributed by atoms with Gasteiger partial charge in [0.25, 0.3) is 0 Å². The summed E-state index contributed by atoms with van der Waals surface area (Å²) in [4.78, 5) is 4.40. The van der Waals surface area contributed by atoms with Gasteiger partial charge < -0.3 is 0 Å². The number of aromatic nitrogens is 1. The lowest BCUT2D eigenvalue weighted by Gasteiger charge is -1.99. The minimum atomic E-state index is -0.250. The van der Waals surface area contributed by atoms with Gasteiger partial charge in [0.15, 0.2) is 5.82 Å². The van der Waals surface area contributed by atoms with Gasteiger partial charge in [0, 0.05) is 4.90 Å². The molecule has 0 fully saturated rings. The van der Waals surface area contributed by atoms with Crippen LogP contribution in [0, 0.1) is 5.82 Å². The molecule has 0 radical (unpaired) electrons. The highest BCUT2D eigenvalue weighted by atomic mass is 79.9. The van der Waals surface area contributed by atoms with Crippen LogP contribution < -0.4 is 0 Å². The Hall–Kier alpha value is -0.0900. The van der Waals surface area contributed by atoms with Gasteiger partial charge >= 0.3 is 0 Å². The largest absolute Gasteiger partial charge is 0.246 e. The molecule has 0 bridgehead atoms. The quantitative estimate of drug-likeness (QED) is 0.578. The molecule has 0 aliphatic carbocycles. The third-order valence-corrected chi connectivity index (χ3v) is 2.43. The summed E-state index contributed by atoms with van der Waals surface area (Å²) in [5, 5.41) is 0. The summed E-state index contributed by atoms with van der Waals surface area (Å²) < 4.78 is 13.5. The van der Waals surface area contributed by atoms with Crippen molar-refractivity contribution in [3.8, 4) is 0 Å². The summed E-state index contributed by atoms with van der Waals surface area (Å²) in [6, 6.07) is 1.68. The first-order chi connectivity index (χ1) is 5.24. The first kappa shape index (κ1) is 9.00. The number of nitrogens with zero attached hydrogens (tertiary/aromatic N) is 1. The topological polar surface area (TPSA) is 12.9 Å². The Bertz CT molecular complexity index is 254. The predicted molar refractivity (Wildman–Crippen MR) is 48.3 cm³/mol. The van der Waals surface area contributed by atoms with Crippen LogP contribution >= 0.6 is 27.7 Å². The van der Waals surface area contributed by atoms with E-state index < -0.39 is 0 Å². The molecule has 0 unspecified atom stereocenters. The van der Waals surface area contributed by atoms with E-state index in [4.69, 9.17) is 0 Å². The molecule has 0 N–H and O–H groups in total. The van der Waals surface area contributed by atoms with Crippen LogP contribution in [-0.4, -0.2) is 10.7 Å². The second-order valence-corrected chi connectivity index (χ2v) is 3.99. The Kier molecular flexibility index (Phi) is 3.33.